The molecule has 1 aliphatic heterocycles. The average molecular weight is 378 g/mol. The number of nitrogens with zero attached hydrogens (tertiary/aromatic N) is 1. The van der Waals surface area contributed by atoms with E-state index < -0.39 is 0 Å². The van der Waals surface area contributed by atoms with Crippen LogP contribution < -0.4 is 10.1 Å². The first-order chi connectivity index (χ1) is 13.2. The molecule has 3 aromatic rings. The lowest BCUT2D eigenvalue weighted by Gasteiger charge is -2.29. The van der Waals surface area contributed by atoms with Gasteiger partial charge in [-0.15, -0.1) is 0 Å². The van der Waals surface area contributed by atoms with Crippen LogP contribution in [0.3, 0.4) is 0 Å². The zero-order chi connectivity index (χ0) is 18.6. The molecule has 4 rings (SSSR count). The van der Waals surface area contributed by atoms with Crippen LogP contribution in [0.4, 0.5) is 0 Å². The molecule has 0 bridgehead atoms. The van der Waals surface area contributed by atoms with Gasteiger partial charge in [-0.05, 0) is 48.0 Å². The lowest BCUT2D eigenvalue weighted by molar-refractivity contribution is 0.414. The Morgan fingerprint density at radius 3 is 2.74 bits per heavy atom. The first-order valence-corrected chi connectivity index (χ1v) is 9.56. The van der Waals surface area contributed by atoms with Crippen molar-refractivity contribution in [3.05, 3.63) is 71.9 Å². The Morgan fingerprint density at radius 1 is 1.19 bits per heavy atom. The number of methoxy groups -OCH3 is 1. The van der Waals surface area contributed by atoms with Gasteiger partial charge in [-0.3, -0.25) is 0 Å². The minimum Gasteiger partial charge on any atom is -0.497 e. The highest BCUT2D eigenvalue weighted by atomic mass is 32.1. The maximum absolute atomic E-state index is 5.59. The Morgan fingerprint density at radius 2 is 2.00 bits per heavy atom. The van der Waals surface area contributed by atoms with E-state index in [4.69, 9.17) is 17.0 Å². The number of para-hydroxylation sites is 1. The zero-order valence-electron chi connectivity index (χ0n) is 15.4. The van der Waals surface area contributed by atoms with E-state index in [0.29, 0.717) is 0 Å². The molecule has 2 N–H and O–H groups in total. The van der Waals surface area contributed by atoms with Crippen LogP contribution in [0, 0.1) is 0 Å². The summed E-state index contributed by atoms with van der Waals surface area (Å²) in [6, 6.07) is 16.5. The quantitative estimate of drug-likeness (QED) is 0.664. The lowest BCUT2D eigenvalue weighted by atomic mass is 9.99. The summed E-state index contributed by atoms with van der Waals surface area (Å²) < 4.78 is 5.19. The number of thiocarbonyl (C=S) groups is 1. The van der Waals surface area contributed by atoms with Gasteiger partial charge in [0, 0.05) is 42.3 Å². The lowest BCUT2D eigenvalue weighted by Crippen LogP contribution is -2.41. The van der Waals surface area contributed by atoms with E-state index in [1.165, 1.54) is 27.6 Å². The third-order valence-corrected chi connectivity index (χ3v) is 5.44. The highest BCUT2D eigenvalue weighted by Crippen LogP contribution is 2.29. The zero-order valence-corrected chi connectivity index (χ0v) is 16.2. The molecule has 0 saturated carbocycles. The monoisotopic (exact) mass is 377 g/mol. The van der Waals surface area contributed by atoms with Crippen molar-refractivity contribution in [1.82, 2.24) is 15.2 Å². The molecule has 5 heteroatoms. The fourth-order valence-corrected chi connectivity index (χ4v) is 3.71. The second-order valence-corrected chi connectivity index (χ2v) is 7.07. The molecule has 4 nitrogen and oxygen atoms in total. The van der Waals surface area contributed by atoms with Gasteiger partial charge in [0.15, 0.2) is 5.11 Å². The second kappa shape index (κ2) is 7.84. The average Bonchev–Trinajstić information content (AvgIpc) is 3.16. The summed E-state index contributed by atoms with van der Waals surface area (Å²) in [5.74, 6) is 0.868. The van der Waals surface area contributed by atoms with Gasteiger partial charge in [0.25, 0.3) is 0 Å². The molecule has 0 radical (unpaired) electrons. The van der Waals surface area contributed by atoms with Crippen molar-refractivity contribution in [3.8, 4) is 5.75 Å². The Bertz CT molecular complexity index is 975. The maximum atomic E-state index is 5.59. The highest BCUT2D eigenvalue weighted by Gasteiger charge is 2.17. The van der Waals surface area contributed by atoms with Gasteiger partial charge in [0.05, 0.1) is 7.11 Å². The molecule has 27 heavy (non-hydrogen) atoms. The number of ether oxygens (including phenoxy) is 1. The molecular weight excluding hydrogens is 354 g/mol. The van der Waals surface area contributed by atoms with Crippen molar-refractivity contribution in [3.63, 3.8) is 0 Å². The summed E-state index contributed by atoms with van der Waals surface area (Å²) in [5.41, 5.74) is 5.07. The van der Waals surface area contributed by atoms with E-state index in [0.717, 1.165) is 36.9 Å². The van der Waals surface area contributed by atoms with Gasteiger partial charge < -0.3 is 19.9 Å². The summed E-state index contributed by atoms with van der Waals surface area (Å²) in [7, 11) is 1.68. The Kier molecular flexibility index (Phi) is 5.12. The van der Waals surface area contributed by atoms with Gasteiger partial charge >= 0.3 is 0 Å². The largest absolute Gasteiger partial charge is 0.497 e. The minimum absolute atomic E-state index is 0.721. The summed E-state index contributed by atoms with van der Waals surface area (Å²) in [6.45, 7) is 2.49. The summed E-state index contributed by atoms with van der Waals surface area (Å²) in [4.78, 5) is 5.58. The molecule has 1 aromatic heterocycles. The number of rotatable bonds is 4. The van der Waals surface area contributed by atoms with Crippen LogP contribution in [-0.4, -0.2) is 35.2 Å². The van der Waals surface area contributed by atoms with Crippen LogP contribution in [0.1, 0.15) is 17.5 Å². The van der Waals surface area contributed by atoms with Gasteiger partial charge in [-0.1, -0.05) is 36.4 Å². The fourth-order valence-electron chi connectivity index (χ4n) is 3.47. The first-order valence-electron chi connectivity index (χ1n) is 9.16. The van der Waals surface area contributed by atoms with E-state index in [1.807, 2.05) is 12.1 Å². The number of benzene rings is 2. The van der Waals surface area contributed by atoms with Crippen molar-refractivity contribution >= 4 is 33.8 Å². The molecule has 138 valence electrons. The molecule has 0 atom stereocenters. The van der Waals surface area contributed by atoms with E-state index in [9.17, 15) is 0 Å². The van der Waals surface area contributed by atoms with Crippen LogP contribution in [0.5, 0.6) is 5.75 Å². The van der Waals surface area contributed by atoms with Gasteiger partial charge in [0.1, 0.15) is 5.75 Å². The van der Waals surface area contributed by atoms with E-state index in [-0.39, 0.29) is 0 Å². The highest BCUT2D eigenvalue weighted by molar-refractivity contribution is 7.80. The summed E-state index contributed by atoms with van der Waals surface area (Å²) in [5, 5.41) is 5.46. The Hall–Kier alpha value is -2.79. The predicted molar refractivity (Wildman–Crippen MR) is 115 cm³/mol. The molecule has 0 aliphatic carbocycles. The predicted octanol–water partition coefficient (Wildman–Crippen LogP) is 4.34. The first kappa shape index (κ1) is 17.6. The smallest absolute Gasteiger partial charge is 0.169 e. The number of aromatic amines is 1. The standard InChI is InChI=1S/C22H23N3OS/c1-26-18-8-6-16(7-9-18)14-24-22(27)25-12-10-17(11-13-25)20-15-23-21-5-3-2-4-19(20)21/h2-10,15,23H,11-14H2,1H3,(H,24,27). The number of nitrogens with one attached hydrogen (secondary N) is 2. The van der Waals surface area contributed by atoms with E-state index in [2.05, 4.69) is 63.9 Å². The molecule has 2 aromatic carbocycles. The Labute approximate surface area is 164 Å². The summed E-state index contributed by atoms with van der Waals surface area (Å²) in [6.07, 6.45) is 5.40. The number of aromatic nitrogens is 1. The van der Waals surface area contributed by atoms with Crippen molar-refractivity contribution in [2.24, 2.45) is 0 Å². The molecule has 0 unspecified atom stereocenters. The van der Waals surface area contributed by atoms with Gasteiger partial charge in [0.2, 0.25) is 0 Å². The van der Waals surface area contributed by atoms with Crippen molar-refractivity contribution in [2.75, 3.05) is 20.2 Å². The normalized spacial score (nSPS) is 14.1. The van der Waals surface area contributed by atoms with Crippen LogP contribution >= 0.6 is 12.2 Å². The molecule has 0 saturated heterocycles. The van der Waals surface area contributed by atoms with Crippen molar-refractivity contribution in [1.29, 1.82) is 0 Å². The number of hydrogen-bond donors (Lipinski definition) is 2. The van der Waals surface area contributed by atoms with Crippen LogP contribution in [-0.2, 0) is 6.54 Å². The Balaban J connectivity index is 1.37. The number of H-pyrrole nitrogens is 1. The molecule has 0 fully saturated rings. The molecule has 0 spiro atoms. The SMILES string of the molecule is COc1ccc(CNC(=S)N2CC=C(c3c[nH]c4ccccc34)CC2)cc1. The number of fused-ring (bicyclic) bond motifs is 1. The van der Waals surface area contributed by atoms with Crippen LogP contribution in [0.15, 0.2) is 60.8 Å². The van der Waals surface area contributed by atoms with Crippen molar-refractivity contribution < 1.29 is 4.74 Å². The summed E-state index contributed by atoms with van der Waals surface area (Å²) >= 11 is 5.59. The third kappa shape index (κ3) is 3.83. The van der Waals surface area contributed by atoms with Crippen molar-refractivity contribution in [2.45, 2.75) is 13.0 Å². The third-order valence-electron chi connectivity index (χ3n) is 5.03. The fraction of sp³-hybridized carbons (Fsp3) is 0.227. The molecular formula is C22H23N3OS. The van der Waals surface area contributed by atoms with E-state index in [1.54, 1.807) is 7.11 Å². The minimum atomic E-state index is 0.721. The molecule has 2 heterocycles. The van der Waals surface area contributed by atoms with E-state index >= 15 is 0 Å². The maximum Gasteiger partial charge on any atom is 0.169 e. The van der Waals surface area contributed by atoms with Gasteiger partial charge in [-0.25, -0.2) is 0 Å². The molecule has 0 amide bonds. The van der Waals surface area contributed by atoms with Crippen LogP contribution in [0.2, 0.25) is 0 Å². The topological polar surface area (TPSA) is 40.3 Å². The van der Waals surface area contributed by atoms with Gasteiger partial charge in [-0.2, -0.15) is 0 Å². The second-order valence-electron chi connectivity index (χ2n) is 6.68. The van der Waals surface area contributed by atoms with Crippen LogP contribution in [0.25, 0.3) is 16.5 Å². The molecule has 1 aliphatic rings. The number of hydrogen-bond acceptors (Lipinski definition) is 2.